The second-order valence-electron chi connectivity index (χ2n) is 2.62. The Labute approximate surface area is 78.2 Å². The molecule has 0 saturated carbocycles. The van der Waals surface area contributed by atoms with Crippen molar-refractivity contribution in [2.24, 2.45) is 4.36 Å². The van der Waals surface area contributed by atoms with E-state index in [0.29, 0.717) is 10.5 Å². The summed E-state index contributed by atoms with van der Waals surface area (Å²) in [5, 5.41) is 8.54. The molecule has 0 fully saturated rings. The Morgan fingerprint density at radius 3 is 2.31 bits per heavy atom. The fraction of sp³-hybridized carbons (Fsp3) is 0.222. The zero-order valence-electron chi connectivity index (χ0n) is 7.52. The van der Waals surface area contributed by atoms with Gasteiger partial charge in [0.25, 0.3) is 0 Å². The molecule has 68 valence electrons. The standard InChI is InChI=1S/C9H10N2OS/c1-11-13(2,12)9-5-3-8(7-10)4-6-9/h3-6H,1-2H3. The summed E-state index contributed by atoms with van der Waals surface area (Å²) in [6, 6.07) is 8.63. The Balaban J connectivity index is 3.24. The van der Waals surface area contributed by atoms with Crippen LogP contribution in [0.25, 0.3) is 0 Å². The van der Waals surface area contributed by atoms with Gasteiger partial charge in [0.05, 0.1) is 21.4 Å². The largest absolute Gasteiger partial charge is 0.245 e. The molecule has 0 N–H and O–H groups in total. The van der Waals surface area contributed by atoms with Crippen LogP contribution in [-0.4, -0.2) is 17.5 Å². The highest BCUT2D eigenvalue weighted by molar-refractivity contribution is 7.93. The molecule has 0 aliphatic heterocycles. The maximum Gasteiger partial charge on any atom is 0.0991 e. The van der Waals surface area contributed by atoms with Crippen LogP contribution >= 0.6 is 0 Å². The number of hydrogen-bond donors (Lipinski definition) is 0. The van der Waals surface area contributed by atoms with E-state index in [-0.39, 0.29) is 0 Å². The molecule has 0 heterocycles. The third-order valence-corrected chi connectivity index (χ3v) is 3.61. The molecule has 0 spiro atoms. The van der Waals surface area contributed by atoms with Crippen molar-refractivity contribution in [2.45, 2.75) is 4.90 Å². The van der Waals surface area contributed by atoms with Crippen molar-refractivity contribution in [1.82, 2.24) is 0 Å². The molecule has 1 aromatic carbocycles. The number of nitriles is 1. The fourth-order valence-corrected chi connectivity index (χ4v) is 1.74. The highest BCUT2D eigenvalue weighted by Gasteiger charge is 2.03. The summed E-state index contributed by atoms with van der Waals surface area (Å²) in [6.07, 6.45) is 1.58. The number of rotatable bonds is 1. The average molecular weight is 194 g/mol. The van der Waals surface area contributed by atoms with E-state index in [1.807, 2.05) is 6.07 Å². The van der Waals surface area contributed by atoms with Crippen molar-refractivity contribution in [1.29, 1.82) is 5.26 Å². The Bertz CT molecular complexity index is 447. The minimum atomic E-state index is -2.26. The van der Waals surface area contributed by atoms with Crippen molar-refractivity contribution in [3.8, 4) is 6.07 Å². The van der Waals surface area contributed by atoms with E-state index < -0.39 is 9.73 Å². The van der Waals surface area contributed by atoms with E-state index in [4.69, 9.17) is 5.26 Å². The molecule has 0 radical (unpaired) electrons. The quantitative estimate of drug-likeness (QED) is 0.682. The summed E-state index contributed by atoms with van der Waals surface area (Å²) >= 11 is 0. The van der Waals surface area contributed by atoms with Crippen molar-refractivity contribution in [3.63, 3.8) is 0 Å². The minimum Gasteiger partial charge on any atom is -0.245 e. The summed E-state index contributed by atoms with van der Waals surface area (Å²) in [4.78, 5) is 0.661. The van der Waals surface area contributed by atoms with E-state index in [1.165, 1.54) is 7.05 Å². The zero-order chi connectivity index (χ0) is 9.90. The van der Waals surface area contributed by atoms with Crippen LogP contribution in [0.15, 0.2) is 33.5 Å². The molecule has 1 aromatic rings. The Kier molecular flexibility index (Phi) is 2.69. The van der Waals surface area contributed by atoms with Crippen molar-refractivity contribution in [2.75, 3.05) is 13.3 Å². The van der Waals surface area contributed by atoms with Crippen molar-refractivity contribution in [3.05, 3.63) is 29.8 Å². The molecule has 4 heteroatoms. The van der Waals surface area contributed by atoms with Crippen LogP contribution < -0.4 is 0 Å². The van der Waals surface area contributed by atoms with Gasteiger partial charge in [-0.05, 0) is 24.3 Å². The molecule has 0 saturated heterocycles. The smallest absolute Gasteiger partial charge is 0.0991 e. The van der Waals surface area contributed by atoms with Crippen LogP contribution in [0, 0.1) is 11.3 Å². The molecule has 0 bridgehead atoms. The van der Waals surface area contributed by atoms with E-state index in [9.17, 15) is 4.21 Å². The monoisotopic (exact) mass is 194 g/mol. The number of nitrogens with zero attached hydrogens (tertiary/aromatic N) is 2. The van der Waals surface area contributed by atoms with Gasteiger partial charge in [-0.2, -0.15) is 5.26 Å². The van der Waals surface area contributed by atoms with Gasteiger partial charge < -0.3 is 0 Å². The molecular weight excluding hydrogens is 184 g/mol. The molecule has 1 rings (SSSR count). The second kappa shape index (κ2) is 3.58. The van der Waals surface area contributed by atoms with Crippen LogP contribution in [0.3, 0.4) is 0 Å². The van der Waals surface area contributed by atoms with Crippen molar-refractivity contribution >= 4 is 9.73 Å². The lowest BCUT2D eigenvalue weighted by molar-refractivity contribution is 0.680. The van der Waals surface area contributed by atoms with E-state index in [1.54, 1.807) is 30.5 Å². The lowest BCUT2D eigenvalue weighted by atomic mass is 10.2. The van der Waals surface area contributed by atoms with Gasteiger partial charge in [-0.3, -0.25) is 0 Å². The molecule has 1 unspecified atom stereocenters. The summed E-state index contributed by atoms with van der Waals surface area (Å²) in [6.45, 7) is 0. The van der Waals surface area contributed by atoms with Crippen LogP contribution in [-0.2, 0) is 9.73 Å². The van der Waals surface area contributed by atoms with Gasteiger partial charge in [0.15, 0.2) is 0 Å². The number of benzene rings is 1. The summed E-state index contributed by atoms with van der Waals surface area (Å²) in [5.74, 6) is 0. The lowest BCUT2D eigenvalue weighted by Crippen LogP contribution is -1.96. The van der Waals surface area contributed by atoms with Gasteiger partial charge in [-0.25, -0.2) is 8.57 Å². The zero-order valence-corrected chi connectivity index (χ0v) is 8.34. The lowest BCUT2D eigenvalue weighted by Gasteiger charge is -2.01. The van der Waals surface area contributed by atoms with Gasteiger partial charge >= 0.3 is 0 Å². The molecule has 3 nitrogen and oxygen atoms in total. The molecule has 0 amide bonds. The maximum absolute atomic E-state index is 11.7. The average Bonchev–Trinajstić information content (AvgIpc) is 2.18. The second-order valence-corrected chi connectivity index (χ2v) is 5.06. The first-order valence-electron chi connectivity index (χ1n) is 3.70. The highest BCUT2D eigenvalue weighted by atomic mass is 32.2. The molecule has 1 atom stereocenters. The molecule has 0 aromatic heterocycles. The van der Waals surface area contributed by atoms with E-state index in [0.717, 1.165) is 0 Å². The van der Waals surface area contributed by atoms with Gasteiger partial charge in [-0.15, -0.1) is 0 Å². The van der Waals surface area contributed by atoms with Gasteiger partial charge in [-0.1, -0.05) is 0 Å². The fourth-order valence-electron chi connectivity index (χ4n) is 0.887. The molecule has 13 heavy (non-hydrogen) atoms. The topological polar surface area (TPSA) is 53.2 Å². The molecule has 0 aliphatic carbocycles. The van der Waals surface area contributed by atoms with E-state index in [2.05, 4.69) is 4.36 Å². The normalized spacial score (nSPS) is 14.2. The third-order valence-electron chi connectivity index (χ3n) is 1.77. The van der Waals surface area contributed by atoms with Crippen molar-refractivity contribution < 1.29 is 4.21 Å². The van der Waals surface area contributed by atoms with Crippen LogP contribution in [0.1, 0.15) is 5.56 Å². The Hall–Kier alpha value is -1.34. The highest BCUT2D eigenvalue weighted by Crippen LogP contribution is 2.11. The van der Waals surface area contributed by atoms with Crippen LogP contribution in [0.5, 0.6) is 0 Å². The van der Waals surface area contributed by atoms with Crippen LogP contribution in [0.4, 0.5) is 0 Å². The first kappa shape index (κ1) is 9.75. The summed E-state index contributed by atoms with van der Waals surface area (Å²) in [7, 11) is -0.729. The molecule has 0 aliphatic rings. The summed E-state index contributed by atoms with van der Waals surface area (Å²) < 4.78 is 15.5. The predicted octanol–water partition coefficient (Wildman–Crippen LogP) is 1.64. The van der Waals surface area contributed by atoms with Gasteiger partial charge in [0.2, 0.25) is 0 Å². The van der Waals surface area contributed by atoms with Gasteiger partial charge in [0.1, 0.15) is 0 Å². The summed E-state index contributed by atoms with van der Waals surface area (Å²) in [5.41, 5.74) is 0.565. The Morgan fingerprint density at radius 2 is 1.92 bits per heavy atom. The van der Waals surface area contributed by atoms with E-state index >= 15 is 0 Å². The molecular formula is C9H10N2OS. The first-order chi connectivity index (χ1) is 6.10. The minimum absolute atomic E-state index is 0.565. The third kappa shape index (κ3) is 2.07. The number of hydrogen-bond acceptors (Lipinski definition) is 3. The van der Waals surface area contributed by atoms with Crippen LogP contribution in [0.2, 0.25) is 0 Å². The van der Waals surface area contributed by atoms with Gasteiger partial charge in [0, 0.05) is 18.2 Å². The first-order valence-corrected chi connectivity index (χ1v) is 5.63. The SMILES string of the molecule is CN=S(C)(=O)c1ccc(C#N)cc1. The Morgan fingerprint density at radius 1 is 1.38 bits per heavy atom. The maximum atomic E-state index is 11.7. The predicted molar refractivity (Wildman–Crippen MR) is 51.8 cm³/mol.